The third kappa shape index (κ3) is 6.62. The molecule has 0 radical (unpaired) electrons. The zero-order valence-corrected chi connectivity index (χ0v) is 14.8. The summed E-state index contributed by atoms with van der Waals surface area (Å²) in [6, 6.07) is 9.09. The Kier molecular flexibility index (Phi) is 9.64. The molecule has 8 nitrogen and oxygen atoms in total. The molecule has 0 unspecified atom stereocenters. The SMILES string of the molecule is NC(=O)CCCCCN(C(=O)OCc1ccccc1)C(CO)(CO)CO. The topological polar surface area (TPSA) is 133 Å². The van der Waals surface area contributed by atoms with E-state index in [1.165, 1.54) is 0 Å². The number of primary amides is 1. The Morgan fingerprint density at radius 1 is 1.00 bits per heavy atom. The maximum atomic E-state index is 12.5. The summed E-state index contributed by atoms with van der Waals surface area (Å²) < 4.78 is 5.28. The number of nitrogens with two attached hydrogens (primary N) is 1. The van der Waals surface area contributed by atoms with Crippen LogP contribution < -0.4 is 5.73 Å². The predicted molar refractivity (Wildman–Crippen MR) is 95.0 cm³/mol. The standard InChI is InChI=1S/C18H28N2O6/c19-16(24)9-5-2-6-10-20(18(12-21,13-22)14-23)17(25)26-11-15-7-3-1-4-8-15/h1,3-4,7-8,21-23H,2,5-6,9-14H2,(H2,19,24). The van der Waals surface area contributed by atoms with Gasteiger partial charge in [-0.15, -0.1) is 0 Å². The summed E-state index contributed by atoms with van der Waals surface area (Å²) >= 11 is 0. The highest BCUT2D eigenvalue weighted by molar-refractivity contribution is 5.73. The van der Waals surface area contributed by atoms with Crippen molar-refractivity contribution in [3.05, 3.63) is 35.9 Å². The number of nitrogens with zero attached hydrogens (tertiary/aromatic N) is 1. The predicted octanol–water partition coefficient (Wildman–Crippen LogP) is 0.387. The normalized spacial score (nSPS) is 11.2. The van der Waals surface area contributed by atoms with Crippen molar-refractivity contribution < 1.29 is 29.6 Å². The van der Waals surface area contributed by atoms with Crippen molar-refractivity contribution in [2.24, 2.45) is 5.73 Å². The minimum Gasteiger partial charge on any atom is -0.445 e. The van der Waals surface area contributed by atoms with Gasteiger partial charge in [-0.25, -0.2) is 4.79 Å². The molecule has 0 heterocycles. The van der Waals surface area contributed by atoms with Gasteiger partial charge in [0.05, 0.1) is 19.8 Å². The summed E-state index contributed by atoms with van der Waals surface area (Å²) in [6.45, 7) is -1.63. The first kappa shape index (κ1) is 21.9. The number of hydrogen-bond donors (Lipinski definition) is 4. The molecule has 0 aliphatic rings. The number of aliphatic hydroxyl groups is 3. The first-order valence-electron chi connectivity index (χ1n) is 8.58. The Bertz CT molecular complexity index is 540. The van der Waals surface area contributed by atoms with Gasteiger partial charge >= 0.3 is 6.09 Å². The van der Waals surface area contributed by atoms with Crippen molar-refractivity contribution in [2.45, 2.75) is 37.8 Å². The van der Waals surface area contributed by atoms with Crippen LogP contribution in [0, 0.1) is 0 Å². The van der Waals surface area contributed by atoms with Crippen LogP contribution >= 0.6 is 0 Å². The Hall–Kier alpha value is -2.16. The van der Waals surface area contributed by atoms with Crippen LogP contribution in [0.4, 0.5) is 4.79 Å². The first-order valence-corrected chi connectivity index (χ1v) is 8.58. The second-order valence-corrected chi connectivity index (χ2v) is 6.17. The number of benzene rings is 1. The summed E-state index contributed by atoms with van der Waals surface area (Å²) in [7, 11) is 0. The van der Waals surface area contributed by atoms with Crippen LogP contribution in [0.5, 0.6) is 0 Å². The lowest BCUT2D eigenvalue weighted by Crippen LogP contribution is -2.59. The zero-order chi connectivity index (χ0) is 19.4. The molecule has 5 N–H and O–H groups in total. The van der Waals surface area contributed by atoms with E-state index in [0.717, 1.165) is 10.5 Å². The van der Waals surface area contributed by atoms with Crippen molar-refractivity contribution in [1.82, 2.24) is 4.90 Å². The minimum atomic E-state index is -1.52. The molecule has 8 heteroatoms. The van der Waals surface area contributed by atoms with Crippen LogP contribution in [0.2, 0.25) is 0 Å². The van der Waals surface area contributed by atoms with E-state index in [9.17, 15) is 24.9 Å². The number of carbonyl (C=O) groups excluding carboxylic acids is 2. The van der Waals surface area contributed by atoms with Crippen LogP contribution in [0.25, 0.3) is 0 Å². The molecule has 0 aliphatic carbocycles. The van der Waals surface area contributed by atoms with Crippen molar-refractivity contribution in [2.75, 3.05) is 26.4 Å². The van der Waals surface area contributed by atoms with Gasteiger partial charge in [0.25, 0.3) is 0 Å². The second-order valence-electron chi connectivity index (χ2n) is 6.17. The summed E-state index contributed by atoms with van der Waals surface area (Å²) in [5, 5.41) is 28.9. The van der Waals surface area contributed by atoms with E-state index in [0.29, 0.717) is 19.3 Å². The molecule has 0 aliphatic heterocycles. The van der Waals surface area contributed by atoms with E-state index < -0.39 is 31.5 Å². The fourth-order valence-electron chi connectivity index (χ4n) is 2.47. The fourth-order valence-corrected chi connectivity index (χ4v) is 2.47. The number of amides is 2. The van der Waals surface area contributed by atoms with Crippen molar-refractivity contribution in [3.63, 3.8) is 0 Å². The Morgan fingerprint density at radius 2 is 1.62 bits per heavy atom. The molecule has 0 spiro atoms. The van der Waals surface area contributed by atoms with E-state index in [1.54, 1.807) is 12.1 Å². The lowest BCUT2D eigenvalue weighted by atomic mass is 10.0. The maximum Gasteiger partial charge on any atom is 0.410 e. The van der Waals surface area contributed by atoms with Gasteiger partial charge in [0, 0.05) is 13.0 Å². The van der Waals surface area contributed by atoms with Crippen LogP contribution in [0.3, 0.4) is 0 Å². The quantitative estimate of drug-likeness (QED) is 0.394. The van der Waals surface area contributed by atoms with Gasteiger partial charge in [0.15, 0.2) is 0 Å². The monoisotopic (exact) mass is 368 g/mol. The van der Waals surface area contributed by atoms with Crippen molar-refractivity contribution in [3.8, 4) is 0 Å². The molecular formula is C18H28N2O6. The highest BCUT2D eigenvalue weighted by atomic mass is 16.6. The molecule has 0 saturated heterocycles. The van der Waals surface area contributed by atoms with Crippen molar-refractivity contribution >= 4 is 12.0 Å². The molecule has 2 amide bonds. The lowest BCUT2D eigenvalue weighted by molar-refractivity contribution is -0.118. The van der Waals surface area contributed by atoms with Gasteiger partial charge in [0.1, 0.15) is 12.1 Å². The van der Waals surface area contributed by atoms with E-state index in [4.69, 9.17) is 10.5 Å². The summed E-state index contributed by atoms with van der Waals surface area (Å²) in [4.78, 5) is 24.4. The van der Waals surface area contributed by atoms with Gasteiger partial charge in [0.2, 0.25) is 5.91 Å². The van der Waals surface area contributed by atoms with Gasteiger partial charge < -0.3 is 25.8 Å². The number of ether oxygens (including phenoxy) is 1. The van der Waals surface area contributed by atoms with E-state index in [1.807, 2.05) is 18.2 Å². The molecule has 0 saturated carbocycles. The molecule has 146 valence electrons. The first-order chi connectivity index (χ1) is 12.5. The Labute approximate surface area is 153 Å². The number of aliphatic hydroxyl groups excluding tert-OH is 3. The molecule has 1 rings (SSSR count). The number of unbranched alkanes of at least 4 members (excludes halogenated alkanes) is 2. The summed E-state index contributed by atoms with van der Waals surface area (Å²) in [5.74, 6) is -0.389. The molecule has 0 aromatic heterocycles. The number of rotatable bonds is 12. The van der Waals surface area contributed by atoms with Gasteiger partial charge in [-0.1, -0.05) is 36.8 Å². The van der Waals surface area contributed by atoms with Crippen LogP contribution in [-0.4, -0.2) is 64.1 Å². The lowest BCUT2D eigenvalue weighted by Gasteiger charge is -2.39. The fraction of sp³-hybridized carbons (Fsp3) is 0.556. The molecule has 0 atom stereocenters. The minimum absolute atomic E-state index is 0.0379. The van der Waals surface area contributed by atoms with Crippen LogP contribution in [-0.2, 0) is 16.1 Å². The summed E-state index contributed by atoms with van der Waals surface area (Å²) in [5.41, 5.74) is 4.37. The third-order valence-electron chi connectivity index (χ3n) is 4.19. The molecule has 26 heavy (non-hydrogen) atoms. The van der Waals surface area contributed by atoms with E-state index in [-0.39, 0.29) is 25.5 Å². The number of hydrogen-bond acceptors (Lipinski definition) is 6. The molecule has 1 aromatic rings. The smallest absolute Gasteiger partial charge is 0.410 e. The van der Waals surface area contributed by atoms with Crippen LogP contribution in [0.15, 0.2) is 30.3 Å². The largest absolute Gasteiger partial charge is 0.445 e. The highest BCUT2D eigenvalue weighted by Crippen LogP contribution is 2.18. The molecule has 0 bridgehead atoms. The molecule has 1 aromatic carbocycles. The highest BCUT2D eigenvalue weighted by Gasteiger charge is 2.39. The average Bonchev–Trinajstić information content (AvgIpc) is 2.66. The molecular weight excluding hydrogens is 340 g/mol. The summed E-state index contributed by atoms with van der Waals surface area (Å²) in [6.07, 6.45) is 1.23. The average molecular weight is 368 g/mol. The van der Waals surface area contributed by atoms with E-state index in [2.05, 4.69) is 0 Å². The Morgan fingerprint density at radius 3 is 2.15 bits per heavy atom. The van der Waals surface area contributed by atoms with Gasteiger partial charge in [-0.05, 0) is 18.4 Å². The number of carbonyl (C=O) groups is 2. The zero-order valence-electron chi connectivity index (χ0n) is 14.8. The maximum absolute atomic E-state index is 12.5. The van der Waals surface area contributed by atoms with Gasteiger partial charge in [-0.2, -0.15) is 0 Å². The Balaban J connectivity index is 2.72. The van der Waals surface area contributed by atoms with Crippen molar-refractivity contribution in [1.29, 1.82) is 0 Å². The third-order valence-corrected chi connectivity index (χ3v) is 4.19. The van der Waals surface area contributed by atoms with E-state index >= 15 is 0 Å². The second kappa shape index (κ2) is 11.5. The molecule has 0 fully saturated rings. The van der Waals surface area contributed by atoms with Crippen LogP contribution in [0.1, 0.15) is 31.2 Å². The van der Waals surface area contributed by atoms with Gasteiger partial charge in [-0.3, -0.25) is 9.69 Å².